The van der Waals surface area contributed by atoms with Crippen LogP contribution in [-0.4, -0.2) is 4.92 Å². The first-order valence-corrected chi connectivity index (χ1v) is 3.23. The lowest BCUT2D eigenvalue weighted by Crippen LogP contribution is -1.92. The van der Waals surface area contributed by atoms with Gasteiger partial charge in [-0.3, -0.25) is 10.1 Å². The minimum atomic E-state index is -0.543. The molecule has 0 aromatic heterocycles. The zero-order chi connectivity index (χ0) is 8.43. The molecule has 0 aliphatic heterocycles. The maximum absolute atomic E-state index is 10.3. The molecular weight excluding hydrogens is 164 g/mol. The van der Waals surface area contributed by atoms with Gasteiger partial charge in [0, 0.05) is 11.8 Å². The third kappa shape index (κ3) is 1.56. The van der Waals surface area contributed by atoms with Crippen molar-refractivity contribution in [3.05, 3.63) is 28.3 Å². The van der Waals surface area contributed by atoms with Crippen LogP contribution < -0.4 is 5.73 Å². The maximum Gasteiger partial charge on any atom is 0.289 e. The lowest BCUT2D eigenvalue weighted by atomic mass is 10.3. The maximum atomic E-state index is 10.3. The van der Waals surface area contributed by atoms with E-state index in [2.05, 4.69) is 0 Å². The normalized spacial score (nSPS) is 9.45. The fourth-order valence-corrected chi connectivity index (χ4v) is 0.879. The zero-order valence-corrected chi connectivity index (χ0v) is 6.30. The van der Waals surface area contributed by atoms with Crippen LogP contribution in [0.2, 0.25) is 0 Å². The van der Waals surface area contributed by atoms with E-state index in [-0.39, 0.29) is 10.6 Å². The first-order valence-electron chi connectivity index (χ1n) is 2.82. The number of nitrogens with zero attached hydrogens (tertiary/aromatic N) is 1. The van der Waals surface area contributed by atoms with Gasteiger partial charge in [-0.1, -0.05) is 12.6 Å². The third-order valence-electron chi connectivity index (χ3n) is 1.18. The van der Waals surface area contributed by atoms with Gasteiger partial charge < -0.3 is 5.73 Å². The molecule has 1 aromatic rings. The summed E-state index contributed by atoms with van der Waals surface area (Å²) in [5, 5.41) is 10.3. The van der Waals surface area contributed by atoms with Crippen molar-refractivity contribution in [1.29, 1.82) is 0 Å². The number of benzene rings is 1. The summed E-state index contributed by atoms with van der Waals surface area (Å²) in [5.74, 6) is 0. The van der Waals surface area contributed by atoms with E-state index in [1.807, 2.05) is 0 Å². The van der Waals surface area contributed by atoms with Crippen molar-refractivity contribution >= 4 is 24.0 Å². The highest BCUT2D eigenvalue weighted by atomic mass is 32.1. The summed E-state index contributed by atoms with van der Waals surface area (Å²) in [6, 6.07) is 4.24. The van der Waals surface area contributed by atoms with Crippen LogP contribution in [0.5, 0.6) is 0 Å². The van der Waals surface area contributed by atoms with E-state index in [0.717, 1.165) is 0 Å². The molecule has 0 aliphatic carbocycles. The van der Waals surface area contributed by atoms with Crippen LogP contribution in [-0.2, 0) is 0 Å². The molecule has 0 bridgehead atoms. The standard InChI is InChI=1S/C6H5N2O2S/c7-4-1-2-6(11)5(3-4)8(9)10/h1-3H,7H2. The molecule has 0 atom stereocenters. The summed E-state index contributed by atoms with van der Waals surface area (Å²) in [4.78, 5) is 9.93. The van der Waals surface area contributed by atoms with Crippen LogP contribution in [0, 0.1) is 10.1 Å². The second-order valence-corrected chi connectivity index (χ2v) is 2.42. The molecule has 57 valence electrons. The minimum absolute atomic E-state index is 0.111. The largest absolute Gasteiger partial charge is 0.399 e. The average Bonchev–Trinajstić information content (AvgIpc) is 1.94. The second kappa shape index (κ2) is 2.71. The van der Waals surface area contributed by atoms with Crippen molar-refractivity contribution < 1.29 is 4.92 Å². The van der Waals surface area contributed by atoms with E-state index in [1.54, 1.807) is 0 Å². The summed E-state index contributed by atoms with van der Waals surface area (Å²) in [6.07, 6.45) is 0. The van der Waals surface area contributed by atoms with Gasteiger partial charge >= 0.3 is 0 Å². The quantitative estimate of drug-likeness (QED) is 0.395. The van der Waals surface area contributed by atoms with Crippen LogP contribution >= 0.6 is 12.6 Å². The molecule has 0 heterocycles. The molecule has 1 rings (SSSR count). The number of nitro groups is 1. The van der Waals surface area contributed by atoms with Crippen molar-refractivity contribution in [3.63, 3.8) is 0 Å². The number of nitrogen functional groups attached to an aromatic ring is 1. The van der Waals surface area contributed by atoms with Gasteiger partial charge in [0.05, 0.1) is 4.92 Å². The van der Waals surface area contributed by atoms with Crippen molar-refractivity contribution in [1.82, 2.24) is 0 Å². The molecule has 11 heavy (non-hydrogen) atoms. The van der Waals surface area contributed by atoms with Crippen LogP contribution in [0.1, 0.15) is 0 Å². The van der Waals surface area contributed by atoms with Crippen molar-refractivity contribution in [3.8, 4) is 0 Å². The Morgan fingerprint density at radius 1 is 1.55 bits per heavy atom. The molecular formula is C6H5N2O2S. The van der Waals surface area contributed by atoms with Gasteiger partial charge in [0.2, 0.25) is 0 Å². The molecule has 0 saturated carbocycles. The topological polar surface area (TPSA) is 69.2 Å². The van der Waals surface area contributed by atoms with Gasteiger partial charge in [0.15, 0.2) is 0 Å². The Balaban J connectivity index is 3.23. The van der Waals surface area contributed by atoms with E-state index in [4.69, 9.17) is 18.4 Å². The first-order chi connectivity index (χ1) is 5.11. The number of rotatable bonds is 1. The molecule has 0 amide bonds. The minimum Gasteiger partial charge on any atom is -0.399 e. The highest BCUT2D eigenvalue weighted by molar-refractivity contribution is 7.80. The Hall–Kier alpha value is -1.36. The first kappa shape index (κ1) is 7.74. The van der Waals surface area contributed by atoms with Gasteiger partial charge in [-0.15, -0.1) is 0 Å². The van der Waals surface area contributed by atoms with Crippen LogP contribution in [0.3, 0.4) is 0 Å². The fraction of sp³-hybridized carbons (Fsp3) is 0. The van der Waals surface area contributed by atoms with Crippen molar-refractivity contribution in [2.45, 2.75) is 4.90 Å². The lowest BCUT2D eigenvalue weighted by Gasteiger charge is -1.95. The smallest absolute Gasteiger partial charge is 0.289 e. The number of hydrogen-bond donors (Lipinski definition) is 1. The van der Waals surface area contributed by atoms with Crippen LogP contribution in [0.15, 0.2) is 23.1 Å². The molecule has 2 N–H and O–H groups in total. The van der Waals surface area contributed by atoms with E-state index >= 15 is 0 Å². The highest BCUT2D eigenvalue weighted by Crippen LogP contribution is 2.23. The van der Waals surface area contributed by atoms with Gasteiger partial charge in [0.25, 0.3) is 5.69 Å². The molecule has 0 unspecified atom stereocenters. The van der Waals surface area contributed by atoms with E-state index in [1.165, 1.54) is 18.2 Å². The Labute approximate surface area is 68.6 Å². The summed E-state index contributed by atoms with van der Waals surface area (Å²) in [5.41, 5.74) is 5.56. The predicted octanol–water partition coefficient (Wildman–Crippen LogP) is 1.73. The summed E-state index contributed by atoms with van der Waals surface area (Å²) < 4.78 is 0. The van der Waals surface area contributed by atoms with E-state index in [9.17, 15) is 10.1 Å². The number of hydrogen-bond acceptors (Lipinski definition) is 3. The van der Waals surface area contributed by atoms with Gasteiger partial charge in [0.1, 0.15) is 4.90 Å². The van der Waals surface area contributed by atoms with E-state index < -0.39 is 4.92 Å². The Kier molecular flexibility index (Phi) is 1.91. The lowest BCUT2D eigenvalue weighted by molar-refractivity contribution is -0.387. The summed E-state index contributed by atoms with van der Waals surface area (Å²) >= 11 is 4.69. The Morgan fingerprint density at radius 3 is 2.64 bits per heavy atom. The Morgan fingerprint density at radius 2 is 2.18 bits per heavy atom. The molecule has 0 fully saturated rings. The fourth-order valence-electron chi connectivity index (χ4n) is 0.677. The third-order valence-corrected chi connectivity index (χ3v) is 1.52. The number of anilines is 1. The van der Waals surface area contributed by atoms with Gasteiger partial charge in [-0.05, 0) is 12.1 Å². The summed E-state index contributed by atoms with van der Waals surface area (Å²) in [6.45, 7) is 0. The van der Waals surface area contributed by atoms with Crippen molar-refractivity contribution in [2.75, 3.05) is 5.73 Å². The average molecular weight is 169 g/mol. The SMILES string of the molecule is Nc1ccc([S])c([N+](=O)[O-])c1. The molecule has 5 heteroatoms. The Bertz CT molecular complexity index is 301. The van der Waals surface area contributed by atoms with E-state index in [0.29, 0.717) is 5.69 Å². The molecule has 1 radical (unpaired) electrons. The van der Waals surface area contributed by atoms with Crippen LogP contribution in [0.25, 0.3) is 0 Å². The molecule has 0 spiro atoms. The van der Waals surface area contributed by atoms with Gasteiger partial charge in [-0.25, -0.2) is 0 Å². The van der Waals surface area contributed by atoms with Crippen molar-refractivity contribution in [2.24, 2.45) is 0 Å². The monoisotopic (exact) mass is 169 g/mol. The molecule has 0 saturated heterocycles. The summed E-state index contributed by atoms with van der Waals surface area (Å²) in [7, 11) is 0. The molecule has 4 nitrogen and oxygen atoms in total. The molecule has 1 aromatic carbocycles. The molecule has 0 aliphatic rings. The second-order valence-electron chi connectivity index (χ2n) is 1.98. The number of nitro benzene ring substituents is 1. The number of nitrogens with two attached hydrogens (primary N) is 1. The zero-order valence-electron chi connectivity index (χ0n) is 5.48. The predicted molar refractivity (Wildman–Crippen MR) is 43.4 cm³/mol. The van der Waals surface area contributed by atoms with Gasteiger partial charge in [-0.2, -0.15) is 0 Å². The highest BCUT2D eigenvalue weighted by Gasteiger charge is 2.10. The van der Waals surface area contributed by atoms with Crippen LogP contribution in [0.4, 0.5) is 11.4 Å².